The molecule has 0 bridgehead atoms. The maximum Gasteiger partial charge on any atom is 0.337 e. The average molecular weight is 339 g/mol. The molecule has 0 aliphatic heterocycles. The van der Waals surface area contributed by atoms with Gasteiger partial charge in [-0.1, -0.05) is 19.9 Å². The van der Waals surface area contributed by atoms with Crippen LogP contribution in [0.15, 0.2) is 34.5 Å². The van der Waals surface area contributed by atoms with Gasteiger partial charge in [0.25, 0.3) is 10.0 Å². The Morgan fingerprint density at radius 3 is 2.41 bits per heavy atom. The van der Waals surface area contributed by atoms with E-state index in [-0.39, 0.29) is 21.4 Å². The lowest BCUT2D eigenvalue weighted by Crippen LogP contribution is -2.15. The molecule has 0 aliphatic rings. The van der Waals surface area contributed by atoms with Gasteiger partial charge in [0.2, 0.25) is 0 Å². The van der Waals surface area contributed by atoms with Crippen LogP contribution in [0.25, 0.3) is 0 Å². The predicted molar refractivity (Wildman–Crippen MR) is 87.4 cm³/mol. The van der Waals surface area contributed by atoms with Gasteiger partial charge in [-0.15, -0.1) is 11.3 Å². The molecule has 0 aliphatic carbocycles. The molecule has 1 aromatic carbocycles. The first-order valence-electron chi connectivity index (χ1n) is 6.67. The molecular formula is C15H17NO4S2. The highest BCUT2D eigenvalue weighted by molar-refractivity contribution is 7.94. The van der Waals surface area contributed by atoms with Crippen LogP contribution in [0, 0.1) is 6.92 Å². The number of sulfonamides is 1. The van der Waals surface area contributed by atoms with E-state index < -0.39 is 16.0 Å². The lowest BCUT2D eigenvalue weighted by atomic mass is 10.00. The standard InChI is InChI=1S/C15H17NO4S2/c1-9(2)11-5-6-13(12(8-11)15(17)18)16-22(19,20)14-7-4-10(3)21-14/h4-9,16H,1-3H3,(H,17,18). The lowest BCUT2D eigenvalue weighted by molar-refractivity contribution is 0.0698. The van der Waals surface area contributed by atoms with Crippen LogP contribution in [0.5, 0.6) is 0 Å². The van der Waals surface area contributed by atoms with Crippen molar-refractivity contribution in [3.8, 4) is 0 Å². The number of carboxylic acids is 1. The number of aryl methyl sites for hydroxylation is 1. The quantitative estimate of drug-likeness (QED) is 0.870. The fourth-order valence-corrected chi connectivity index (χ4v) is 4.30. The zero-order valence-corrected chi connectivity index (χ0v) is 14.1. The molecule has 0 radical (unpaired) electrons. The number of benzene rings is 1. The minimum Gasteiger partial charge on any atom is -0.478 e. The van der Waals surface area contributed by atoms with E-state index in [1.807, 2.05) is 20.8 Å². The Bertz CT molecular complexity index is 807. The summed E-state index contributed by atoms with van der Waals surface area (Å²) in [6, 6.07) is 7.94. The van der Waals surface area contributed by atoms with Crippen molar-refractivity contribution in [2.24, 2.45) is 0 Å². The third kappa shape index (κ3) is 3.48. The zero-order valence-electron chi connectivity index (χ0n) is 12.5. The van der Waals surface area contributed by atoms with Crippen molar-refractivity contribution in [1.29, 1.82) is 0 Å². The number of anilines is 1. The Balaban J connectivity index is 2.43. The minimum absolute atomic E-state index is 0.0527. The normalized spacial score (nSPS) is 11.6. The Morgan fingerprint density at radius 2 is 1.91 bits per heavy atom. The fourth-order valence-electron chi connectivity index (χ4n) is 1.94. The summed E-state index contributed by atoms with van der Waals surface area (Å²) in [7, 11) is -3.78. The molecule has 5 nitrogen and oxygen atoms in total. The van der Waals surface area contributed by atoms with Gasteiger partial charge in [-0.05, 0) is 42.7 Å². The number of carboxylic acid groups (broad SMARTS) is 1. The van der Waals surface area contributed by atoms with E-state index >= 15 is 0 Å². The largest absolute Gasteiger partial charge is 0.478 e. The van der Waals surface area contributed by atoms with Crippen molar-refractivity contribution >= 4 is 33.0 Å². The van der Waals surface area contributed by atoms with Crippen molar-refractivity contribution in [1.82, 2.24) is 0 Å². The second-order valence-corrected chi connectivity index (χ2v) is 8.43. The maximum absolute atomic E-state index is 12.3. The Morgan fingerprint density at radius 1 is 1.23 bits per heavy atom. The van der Waals surface area contributed by atoms with Gasteiger partial charge in [-0.2, -0.15) is 0 Å². The van der Waals surface area contributed by atoms with Crippen LogP contribution in [-0.2, 0) is 10.0 Å². The van der Waals surface area contributed by atoms with Crippen LogP contribution < -0.4 is 4.72 Å². The van der Waals surface area contributed by atoms with Crippen molar-refractivity contribution in [3.63, 3.8) is 0 Å². The molecule has 1 heterocycles. The van der Waals surface area contributed by atoms with E-state index in [0.717, 1.165) is 21.8 Å². The molecule has 0 unspecified atom stereocenters. The summed E-state index contributed by atoms with van der Waals surface area (Å²) in [5.74, 6) is -1.01. The SMILES string of the molecule is Cc1ccc(S(=O)(=O)Nc2ccc(C(C)C)cc2C(=O)O)s1. The number of nitrogens with one attached hydrogen (secondary N) is 1. The number of hydrogen-bond donors (Lipinski definition) is 2. The molecule has 0 spiro atoms. The third-order valence-electron chi connectivity index (χ3n) is 3.17. The molecule has 0 saturated carbocycles. The van der Waals surface area contributed by atoms with E-state index in [4.69, 9.17) is 0 Å². The van der Waals surface area contributed by atoms with Gasteiger partial charge in [0.1, 0.15) is 4.21 Å². The van der Waals surface area contributed by atoms with Crippen molar-refractivity contribution in [2.45, 2.75) is 30.9 Å². The van der Waals surface area contributed by atoms with Gasteiger partial charge in [-0.3, -0.25) is 4.72 Å². The molecule has 7 heteroatoms. The molecular weight excluding hydrogens is 322 g/mol. The number of thiophene rings is 1. The highest BCUT2D eigenvalue weighted by Crippen LogP contribution is 2.27. The molecule has 118 valence electrons. The number of aromatic carboxylic acids is 1. The summed E-state index contributed by atoms with van der Waals surface area (Å²) in [6.07, 6.45) is 0. The van der Waals surface area contributed by atoms with E-state index in [2.05, 4.69) is 4.72 Å². The fraction of sp³-hybridized carbons (Fsp3) is 0.267. The summed E-state index contributed by atoms with van der Waals surface area (Å²) >= 11 is 1.14. The van der Waals surface area contributed by atoms with Crippen molar-refractivity contribution < 1.29 is 18.3 Å². The van der Waals surface area contributed by atoms with E-state index in [0.29, 0.717) is 0 Å². The molecule has 0 atom stereocenters. The molecule has 1 aromatic heterocycles. The van der Waals surface area contributed by atoms with Crippen molar-refractivity contribution in [3.05, 3.63) is 46.3 Å². The molecule has 22 heavy (non-hydrogen) atoms. The first kappa shape index (κ1) is 16.5. The summed E-state index contributed by atoms with van der Waals surface area (Å²) in [6.45, 7) is 5.70. The summed E-state index contributed by atoms with van der Waals surface area (Å²) in [5.41, 5.74) is 0.860. The molecule has 0 amide bonds. The van der Waals surface area contributed by atoms with Gasteiger partial charge >= 0.3 is 5.97 Å². The van der Waals surface area contributed by atoms with Gasteiger partial charge < -0.3 is 5.11 Å². The van der Waals surface area contributed by atoms with Crippen LogP contribution in [0.3, 0.4) is 0 Å². The average Bonchev–Trinajstić information content (AvgIpc) is 2.85. The van der Waals surface area contributed by atoms with Gasteiger partial charge in [-0.25, -0.2) is 13.2 Å². The summed E-state index contributed by atoms with van der Waals surface area (Å²) in [4.78, 5) is 12.3. The number of rotatable bonds is 5. The summed E-state index contributed by atoms with van der Waals surface area (Å²) in [5, 5.41) is 9.31. The monoisotopic (exact) mass is 339 g/mol. The maximum atomic E-state index is 12.3. The van der Waals surface area contributed by atoms with Gasteiger partial charge in [0.05, 0.1) is 11.3 Å². The van der Waals surface area contributed by atoms with Crippen LogP contribution in [-0.4, -0.2) is 19.5 Å². The van der Waals surface area contributed by atoms with Crippen LogP contribution in [0.2, 0.25) is 0 Å². The first-order chi connectivity index (χ1) is 10.2. The second kappa shape index (κ2) is 6.10. The molecule has 0 fully saturated rings. The predicted octanol–water partition coefficient (Wildman–Crippen LogP) is 3.68. The van der Waals surface area contributed by atoms with Crippen LogP contribution in [0.4, 0.5) is 5.69 Å². The molecule has 0 saturated heterocycles. The topological polar surface area (TPSA) is 83.5 Å². The third-order valence-corrected chi connectivity index (χ3v) is 6.02. The Labute approximate surface area is 133 Å². The smallest absolute Gasteiger partial charge is 0.337 e. The highest BCUT2D eigenvalue weighted by atomic mass is 32.2. The first-order valence-corrected chi connectivity index (χ1v) is 8.97. The molecule has 2 N–H and O–H groups in total. The van der Waals surface area contributed by atoms with Gasteiger partial charge in [0.15, 0.2) is 0 Å². The van der Waals surface area contributed by atoms with Crippen molar-refractivity contribution in [2.75, 3.05) is 4.72 Å². The Kier molecular flexibility index (Phi) is 4.58. The molecule has 2 aromatic rings. The van der Waals surface area contributed by atoms with Gasteiger partial charge in [0, 0.05) is 4.88 Å². The zero-order chi connectivity index (χ0) is 16.5. The van der Waals surface area contributed by atoms with Crippen LogP contribution in [0.1, 0.15) is 40.6 Å². The molecule has 2 rings (SSSR count). The van der Waals surface area contributed by atoms with E-state index in [9.17, 15) is 18.3 Å². The summed E-state index contributed by atoms with van der Waals surface area (Å²) < 4.78 is 27.2. The lowest BCUT2D eigenvalue weighted by Gasteiger charge is -2.12. The van der Waals surface area contributed by atoms with E-state index in [1.165, 1.54) is 18.2 Å². The second-order valence-electron chi connectivity index (χ2n) is 5.24. The number of hydrogen-bond acceptors (Lipinski definition) is 4. The van der Waals surface area contributed by atoms with E-state index in [1.54, 1.807) is 12.1 Å². The van der Waals surface area contributed by atoms with Crippen LogP contribution >= 0.6 is 11.3 Å². The number of carbonyl (C=O) groups is 1. The highest BCUT2D eigenvalue weighted by Gasteiger charge is 2.20. The minimum atomic E-state index is -3.78. The Hall–Kier alpha value is -1.86.